The molecule has 0 radical (unpaired) electrons. The number of carbonyl (C=O) groups is 2. The third-order valence-corrected chi connectivity index (χ3v) is 5.18. The summed E-state index contributed by atoms with van der Waals surface area (Å²) in [4.78, 5) is 27.3. The maximum atomic E-state index is 13.0. The van der Waals surface area contributed by atoms with Crippen LogP contribution in [0.25, 0.3) is 5.76 Å². The number of benzene rings is 2. The molecule has 2 aromatic rings. The van der Waals surface area contributed by atoms with Crippen molar-refractivity contribution in [3.05, 3.63) is 65.2 Å². The van der Waals surface area contributed by atoms with Gasteiger partial charge in [-0.05, 0) is 17.7 Å². The van der Waals surface area contributed by atoms with Gasteiger partial charge < -0.3 is 29.0 Å². The van der Waals surface area contributed by atoms with Crippen molar-refractivity contribution in [2.75, 3.05) is 35.0 Å². The normalized spacial score (nSPS) is 18.0. The van der Waals surface area contributed by atoms with E-state index in [1.54, 1.807) is 48.5 Å². The predicted molar refractivity (Wildman–Crippen MR) is 113 cm³/mol. The number of methoxy groups -OCH3 is 4. The van der Waals surface area contributed by atoms with Crippen LogP contribution in [-0.2, 0) is 19.1 Å². The molecule has 1 saturated heterocycles. The van der Waals surface area contributed by atoms with E-state index in [1.807, 2.05) is 0 Å². The minimum Gasteiger partial charge on any atom is -0.507 e. The number of nitrogens with zero attached hydrogens (tertiary/aromatic N) is 1. The van der Waals surface area contributed by atoms with E-state index in [1.165, 1.54) is 33.3 Å². The van der Waals surface area contributed by atoms with E-state index in [0.717, 1.165) is 0 Å². The van der Waals surface area contributed by atoms with Crippen molar-refractivity contribution in [2.45, 2.75) is 12.3 Å². The van der Waals surface area contributed by atoms with Crippen molar-refractivity contribution < 1.29 is 33.6 Å². The molecule has 0 aromatic heterocycles. The molecule has 0 spiro atoms. The standard InChI is InChI=1S/C23H25NO7/c1-28-16-11-10-15(12-17(16)29-2)20-19(21(25)14-8-6-5-7-9-14)22(26)23(27)24(20)13-18(30-3)31-4/h5-12,18,20,25H,13H2,1-4H3. The summed E-state index contributed by atoms with van der Waals surface area (Å²) in [5.74, 6) is -0.866. The number of amides is 1. The van der Waals surface area contributed by atoms with E-state index < -0.39 is 24.0 Å². The van der Waals surface area contributed by atoms with Crippen molar-refractivity contribution in [3.63, 3.8) is 0 Å². The van der Waals surface area contributed by atoms with Crippen LogP contribution in [0.1, 0.15) is 17.2 Å². The van der Waals surface area contributed by atoms with E-state index in [4.69, 9.17) is 18.9 Å². The lowest BCUT2D eigenvalue weighted by Gasteiger charge is -2.28. The van der Waals surface area contributed by atoms with Crippen LogP contribution >= 0.6 is 0 Å². The van der Waals surface area contributed by atoms with Gasteiger partial charge in [0, 0.05) is 19.8 Å². The molecule has 3 rings (SSSR count). The number of ketones is 1. The van der Waals surface area contributed by atoms with Crippen molar-refractivity contribution in [2.24, 2.45) is 0 Å². The Labute approximate surface area is 180 Å². The Hall–Kier alpha value is -3.36. The minimum absolute atomic E-state index is 0.0118. The number of carbonyl (C=O) groups excluding carboxylic acids is 2. The predicted octanol–water partition coefficient (Wildman–Crippen LogP) is 2.74. The first-order chi connectivity index (χ1) is 15.0. The van der Waals surface area contributed by atoms with Crippen LogP contribution in [0.2, 0.25) is 0 Å². The second-order valence-corrected chi connectivity index (χ2v) is 6.83. The van der Waals surface area contributed by atoms with Gasteiger partial charge in [0.15, 0.2) is 17.8 Å². The molecule has 0 bridgehead atoms. The Bertz CT molecular complexity index is 983. The Morgan fingerprint density at radius 1 is 0.968 bits per heavy atom. The molecule has 1 fully saturated rings. The van der Waals surface area contributed by atoms with Crippen LogP contribution in [0.4, 0.5) is 0 Å². The first-order valence-corrected chi connectivity index (χ1v) is 9.58. The number of hydrogen-bond donors (Lipinski definition) is 1. The average molecular weight is 427 g/mol. The molecule has 0 aliphatic carbocycles. The number of aliphatic hydroxyl groups is 1. The lowest BCUT2D eigenvalue weighted by Crippen LogP contribution is -2.38. The molecular weight excluding hydrogens is 402 g/mol. The van der Waals surface area contributed by atoms with Crippen LogP contribution in [-0.4, -0.2) is 63.0 Å². The summed E-state index contributed by atoms with van der Waals surface area (Å²) in [5, 5.41) is 11.0. The highest BCUT2D eigenvalue weighted by Gasteiger charge is 2.47. The molecule has 8 heteroatoms. The average Bonchev–Trinajstić information content (AvgIpc) is 3.06. The van der Waals surface area contributed by atoms with E-state index in [0.29, 0.717) is 22.6 Å². The number of aliphatic hydroxyl groups excluding tert-OH is 1. The molecule has 1 unspecified atom stereocenters. The van der Waals surface area contributed by atoms with Gasteiger partial charge in [-0.1, -0.05) is 36.4 Å². The highest BCUT2D eigenvalue weighted by molar-refractivity contribution is 6.46. The summed E-state index contributed by atoms with van der Waals surface area (Å²) < 4.78 is 21.2. The van der Waals surface area contributed by atoms with E-state index in [9.17, 15) is 14.7 Å². The summed E-state index contributed by atoms with van der Waals surface area (Å²) in [7, 11) is 5.90. The van der Waals surface area contributed by atoms with Gasteiger partial charge in [0.05, 0.1) is 32.4 Å². The number of hydrogen-bond acceptors (Lipinski definition) is 7. The largest absolute Gasteiger partial charge is 0.507 e. The van der Waals surface area contributed by atoms with Crippen molar-refractivity contribution >= 4 is 17.4 Å². The molecule has 8 nitrogen and oxygen atoms in total. The molecule has 1 atom stereocenters. The highest BCUT2D eigenvalue weighted by Crippen LogP contribution is 2.42. The van der Waals surface area contributed by atoms with Gasteiger partial charge in [-0.25, -0.2) is 0 Å². The molecule has 164 valence electrons. The molecule has 31 heavy (non-hydrogen) atoms. The summed E-state index contributed by atoms with van der Waals surface area (Å²) in [6.45, 7) is -0.0118. The van der Waals surface area contributed by atoms with Crippen LogP contribution in [0.5, 0.6) is 11.5 Å². The van der Waals surface area contributed by atoms with Gasteiger partial charge >= 0.3 is 0 Å². The fourth-order valence-electron chi connectivity index (χ4n) is 3.60. The van der Waals surface area contributed by atoms with Crippen LogP contribution in [0, 0.1) is 0 Å². The lowest BCUT2D eigenvalue weighted by atomic mass is 9.95. The molecule has 1 aliphatic heterocycles. The van der Waals surface area contributed by atoms with Gasteiger partial charge in [0.25, 0.3) is 11.7 Å². The van der Waals surface area contributed by atoms with E-state index >= 15 is 0 Å². The Kier molecular flexibility index (Phi) is 6.94. The summed E-state index contributed by atoms with van der Waals surface area (Å²) in [6, 6.07) is 12.8. The number of likely N-dealkylation sites (tertiary alicyclic amines) is 1. The van der Waals surface area contributed by atoms with E-state index in [-0.39, 0.29) is 17.9 Å². The molecule has 1 N–H and O–H groups in total. The van der Waals surface area contributed by atoms with Crippen LogP contribution < -0.4 is 9.47 Å². The molecule has 1 amide bonds. The minimum atomic E-state index is -0.868. The molecule has 1 aliphatic rings. The summed E-state index contributed by atoms with van der Waals surface area (Å²) >= 11 is 0. The first-order valence-electron chi connectivity index (χ1n) is 9.58. The quantitative estimate of drug-likeness (QED) is 0.300. The number of rotatable bonds is 8. The van der Waals surface area contributed by atoms with Crippen molar-refractivity contribution in [1.29, 1.82) is 0 Å². The van der Waals surface area contributed by atoms with Crippen LogP contribution in [0.3, 0.4) is 0 Å². The first kappa shape index (κ1) is 22.3. The SMILES string of the molecule is COc1ccc(C2C(=C(O)c3ccccc3)C(=O)C(=O)N2CC(OC)OC)cc1OC. The Morgan fingerprint density at radius 2 is 1.61 bits per heavy atom. The van der Waals surface area contributed by atoms with Crippen molar-refractivity contribution in [1.82, 2.24) is 4.90 Å². The Morgan fingerprint density at radius 3 is 2.19 bits per heavy atom. The smallest absolute Gasteiger partial charge is 0.295 e. The lowest BCUT2D eigenvalue weighted by molar-refractivity contribution is -0.149. The second kappa shape index (κ2) is 9.63. The van der Waals surface area contributed by atoms with Crippen LogP contribution in [0.15, 0.2) is 54.1 Å². The molecule has 2 aromatic carbocycles. The molecule has 1 heterocycles. The monoisotopic (exact) mass is 427 g/mol. The van der Waals surface area contributed by atoms with Crippen molar-refractivity contribution in [3.8, 4) is 11.5 Å². The zero-order chi connectivity index (χ0) is 22.5. The fourth-order valence-corrected chi connectivity index (χ4v) is 3.60. The molecular formula is C23H25NO7. The fraction of sp³-hybridized carbons (Fsp3) is 0.304. The zero-order valence-corrected chi connectivity index (χ0v) is 17.8. The zero-order valence-electron chi connectivity index (χ0n) is 17.8. The topological polar surface area (TPSA) is 94.5 Å². The second-order valence-electron chi connectivity index (χ2n) is 6.83. The third kappa shape index (κ3) is 4.26. The maximum absolute atomic E-state index is 13.0. The van der Waals surface area contributed by atoms with E-state index in [2.05, 4.69) is 0 Å². The Balaban J connectivity index is 2.19. The van der Waals surface area contributed by atoms with Gasteiger partial charge in [0.1, 0.15) is 5.76 Å². The van der Waals surface area contributed by atoms with Gasteiger partial charge in [0.2, 0.25) is 0 Å². The summed E-state index contributed by atoms with van der Waals surface area (Å²) in [6.07, 6.45) is -0.752. The maximum Gasteiger partial charge on any atom is 0.295 e. The number of ether oxygens (including phenoxy) is 4. The summed E-state index contributed by atoms with van der Waals surface area (Å²) in [5.41, 5.74) is 0.982. The van der Waals surface area contributed by atoms with Gasteiger partial charge in [-0.2, -0.15) is 0 Å². The third-order valence-electron chi connectivity index (χ3n) is 5.18. The number of Topliss-reactive ketones (excluding diaryl/α,β-unsaturated/α-hetero) is 1. The van der Waals surface area contributed by atoms with Gasteiger partial charge in [-0.3, -0.25) is 9.59 Å². The van der Waals surface area contributed by atoms with Gasteiger partial charge in [-0.15, -0.1) is 0 Å². The highest BCUT2D eigenvalue weighted by atomic mass is 16.7. The molecule has 0 saturated carbocycles.